The first-order valence-corrected chi connectivity index (χ1v) is 11.3. The Kier molecular flexibility index (Phi) is 5.99. The molecule has 196 valence electrons. The molecule has 3 N–H and O–H groups in total. The van der Waals surface area contributed by atoms with E-state index in [2.05, 4.69) is 15.4 Å². The Morgan fingerprint density at radius 1 is 1.08 bits per heavy atom. The summed E-state index contributed by atoms with van der Waals surface area (Å²) < 4.78 is 83.9. The highest BCUT2D eigenvalue weighted by Gasteiger charge is 2.43. The molecule has 5 rings (SSSR count). The number of nitrogens with zero attached hydrogens (tertiary/aromatic N) is 4. The van der Waals surface area contributed by atoms with Gasteiger partial charge in [-0.25, -0.2) is 22.7 Å². The fourth-order valence-corrected chi connectivity index (χ4v) is 4.70. The average Bonchev–Trinajstić information content (AvgIpc) is 3.38. The first-order chi connectivity index (χ1) is 17.4. The number of hydrogen-bond acceptors (Lipinski definition) is 5. The summed E-state index contributed by atoms with van der Waals surface area (Å²) in [5.41, 5.74) is 3.38. The van der Waals surface area contributed by atoms with E-state index in [-0.39, 0.29) is 48.7 Å². The maximum absolute atomic E-state index is 14.6. The van der Waals surface area contributed by atoms with Gasteiger partial charge in [0.25, 0.3) is 5.91 Å². The lowest BCUT2D eigenvalue weighted by atomic mass is 9.82. The van der Waals surface area contributed by atoms with Crippen molar-refractivity contribution in [1.82, 2.24) is 24.8 Å². The van der Waals surface area contributed by atoms with Gasteiger partial charge in [-0.1, -0.05) is 0 Å². The second-order valence-corrected chi connectivity index (χ2v) is 9.18. The van der Waals surface area contributed by atoms with Crippen LogP contribution in [0.3, 0.4) is 0 Å². The number of nitrogens with two attached hydrogens (primary N) is 1. The fraction of sp³-hybridized carbons (Fsp3) is 0.391. The molecule has 1 aromatic carbocycles. The number of carbonyl (C=O) groups is 2. The van der Waals surface area contributed by atoms with Crippen LogP contribution in [0.15, 0.2) is 30.6 Å². The third-order valence-corrected chi connectivity index (χ3v) is 6.65. The van der Waals surface area contributed by atoms with E-state index in [1.54, 1.807) is 0 Å². The maximum atomic E-state index is 14.6. The van der Waals surface area contributed by atoms with Gasteiger partial charge in [-0.05, 0) is 37.1 Å². The van der Waals surface area contributed by atoms with E-state index in [0.717, 1.165) is 35.1 Å². The molecule has 0 unspecified atom stereocenters. The van der Waals surface area contributed by atoms with Crippen molar-refractivity contribution in [3.05, 3.63) is 47.5 Å². The van der Waals surface area contributed by atoms with Gasteiger partial charge >= 0.3 is 6.18 Å². The fourth-order valence-electron chi connectivity index (χ4n) is 4.70. The average molecular weight is 526 g/mol. The second-order valence-electron chi connectivity index (χ2n) is 9.18. The van der Waals surface area contributed by atoms with Crippen LogP contribution in [0.4, 0.5) is 32.2 Å². The van der Waals surface area contributed by atoms with Crippen molar-refractivity contribution in [1.29, 1.82) is 0 Å². The first-order valence-electron chi connectivity index (χ1n) is 11.3. The van der Waals surface area contributed by atoms with Crippen LogP contribution in [0.5, 0.6) is 0 Å². The van der Waals surface area contributed by atoms with Gasteiger partial charge < -0.3 is 16.0 Å². The van der Waals surface area contributed by atoms with Crippen LogP contribution in [0.1, 0.15) is 28.8 Å². The summed E-state index contributed by atoms with van der Waals surface area (Å²) in [5, 5.41) is 6.21. The normalized spacial score (nSPS) is 23.8. The lowest BCUT2D eigenvalue weighted by molar-refractivity contribution is -0.139. The molecule has 2 aromatic heterocycles. The third kappa shape index (κ3) is 4.55. The number of carbonyl (C=O) groups excluding carboxylic acids is 2. The molecule has 0 spiro atoms. The number of benzene rings is 1. The molecule has 2 atom stereocenters. The number of halogens is 6. The Morgan fingerprint density at radius 2 is 1.81 bits per heavy atom. The summed E-state index contributed by atoms with van der Waals surface area (Å²) in [5.74, 6) is -3.16. The van der Waals surface area contributed by atoms with E-state index in [0.29, 0.717) is 0 Å². The van der Waals surface area contributed by atoms with E-state index in [1.165, 1.54) is 4.90 Å². The second kappa shape index (κ2) is 8.92. The Morgan fingerprint density at radius 3 is 2.49 bits per heavy atom. The maximum Gasteiger partial charge on any atom is 0.418 e. The van der Waals surface area contributed by atoms with Gasteiger partial charge in [0.15, 0.2) is 5.82 Å². The number of nitrogens with one attached hydrogen (secondary N) is 1. The number of alkyl halides is 5. The van der Waals surface area contributed by atoms with Crippen molar-refractivity contribution in [2.75, 3.05) is 18.8 Å². The SMILES string of the molecule is Nc1ncnn2c(-c3cc(F)cc(C(=O)N[C@@H]4CN(C(=O)C5CC(F)C5)C[C@@H]4F)c3)cc(C(F)(F)F)c12. The van der Waals surface area contributed by atoms with Crippen molar-refractivity contribution in [2.45, 2.75) is 37.4 Å². The number of likely N-dealkylation sites (tertiary alicyclic amines) is 1. The Hall–Kier alpha value is -3.84. The minimum atomic E-state index is -4.82. The number of aromatic nitrogens is 3. The van der Waals surface area contributed by atoms with E-state index >= 15 is 0 Å². The monoisotopic (exact) mass is 526 g/mol. The van der Waals surface area contributed by atoms with Crippen LogP contribution in [0, 0.1) is 11.7 Å². The molecular weight excluding hydrogens is 506 g/mol. The Bertz CT molecular complexity index is 1390. The van der Waals surface area contributed by atoms with Gasteiger partial charge in [-0.2, -0.15) is 18.3 Å². The Labute approximate surface area is 205 Å². The van der Waals surface area contributed by atoms with Gasteiger partial charge in [0.05, 0.1) is 23.8 Å². The minimum Gasteiger partial charge on any atom is -0.382 e. The van der Waals surface area contributed by atoms with Crippen molar-refractivity contribution in [3.8, 4) is 11.3 Å². The van der Waals surface area contributed by atoms with E-state index < -0.39 is 59.1 Å². The number of rotatable bonds is 4. The molecule has 2 fully saturated rings. The van der Waals surface area contributed by atoms with Gasteiger partial charge in [0.2, 0.25) is 5.91 Å². The zero-order chi connectivity index (χ0) is 26.6. The number of nitrogen functional groups attached to an aromatic ring is 1. The van der Waals surface area contributed by atoms with Crippen molar-refractivity contribution < 1.29 is 35.9 Å². The quantitative estimate of drug-likeness (QED) is 0.509. The molecule has 1 aliphatic heterocycles. The number of fused-ring (bicyclic) bond motifs is 1. The number of hydrogen-bond donors (Lipinski definition) is 2. The summed E-state index contributed by atoms with van der Waals surface area (Å²) >= 11 is 0. The molecule has 3 heterocycles. The lowest BCUT2D eigenvalue weighted by Gasteiger charge is -2.31. The molecule has 37 heavy (non-hydrogen) atoms. The molecule has 2 aliphatic rings. The summed E-state index contributed by atoms with van der Waals surface area (Å²) in [7, 11) is 0. The third-order valence-electron chi connectivity index (χ3n) is 6.65. The summed E-state index contributed by atoms with van der Waals surface area (Å²) in [6.45, 7) is -0.418. The predicted octanol–water partition coefficient (Wildman–Crippen LogP) is 3.16. The van der Waals surface area contributed by atoms with Crippen LogP contribution in [0.25, 0.3) is 16.8 Å². The number of anilines is 1. The van der Waals surface area contributed by atoms with Crippen LogP contribution in [-0.4, -0.2) is 62.8 Å². The van der Waals surface area contributed by atoms with Gasteiger partial charge in [0, 0.05) is 23.6 Å². The molecular formula is C23H20F6N6O2. The number of amides is 2. The van der Waals surface area contributed by atoms with Crippen molar-refractivity contribution in [3.63, 3.8) is 0 Å². The highest BCUT2D eigenvalue weighted by atomic mass is 19.4. The molecule has 8 nitrogen and oxygen atoms in total. The topological polar surface area (TPSA) is 106 Å². The highest BCUT2D eigenvalue weighted by Crippen LogP contribution is 2.39. The van der Waals surface area contributed by atoms with Crippen molar-refractivity contribution in [2.24, 2.45) is 5.92 Å². The van der Waals surface area contributed by atoms with E-state index in [1.807, 2.05) is 0 Å². The van der Waals surface area contributed by atoms with Gasteiger partial charge in [-0.15, -0.1) is 0 Å². The first kappa shape index (κ1) is 24.8. The molecule has 1 saturated heterocycles. The largest absolute Gasteiger partial charge is 0.418 e. The molecule has 1 aliphatic carbocycles. The summed E-state index contributed by atoms with van der Waals surface area (Å²) in [4.78, 5) is 30.1. The van der Waals surface area contributed by atoms with Gasteiger partial charge in [-0.3, -0.25) is 9.59 Å². The Balaban J connectivity index is 1.40. The molecule has 3 aromatic rings. The molecule has 14 heteroatoms. The zero-order valence-corrected chi connectivity index (χ0v) is 19.0. The van der Waals surface area contributed by atoms with Crippen molar-refractivity contribution >= 4 is 23.1 Å². The lowest BCUT2D eigenvalue weighted by Crippen LogP contribution is -2.44. The van der Waals surface area contributed by atoms with Crippen LogP contribution < -0.4 is 11.1 Å². The highest BCUT2D eigenvalue weighted by molar-refractivity contribution is 5.96. The van der Waals surface area contributed by atoms with E-state index in [4.69, 9.17) is 5.73 Å². The van der Waals surface area contributed by atoms with Gasteiger partial charge in [0.1, 0.15) is 30.0 Å². The minimum absolute atomic E-state index is 0.0798. The van der Waals surface area contributed by atoms with Crippen LogP contribution in [0.2, 0.25) is 0 Å². The molecule has 1 saturated carbocycles. The van der Waals surface area contributed by atoms with Crippen LogP contribution in [-0.2, 0) is 11.0 Å². The predicted molar refractivity (Wildman–Crippen MR) is 118 cm³/mol. The summed E-state index contributed by atoms with van der Waals surface area (Å²) in [6.07, 6.45) is -6.38. The molecule has 0 bridgehead atoms. The smallest absolute Gasteiger partial charge is 0.382 e. The molecule has 0 radical (unpaired) electrons. The molecule has 2 amide bonds. The van der Waals surface area contributed by atoms with Crippen LogP contribution >= 0.6 is 0 Å². The van der Waals surface area contributed by atoms with E-state index in [9.17, 15) is 35.9 Å². The zero-order valence-electron chi connectivity index (χ0n) is 19.0. The standard InChI is InChI=1S/C23H20F6N6O2/c24-13-2-10(18-6-15(23(27,28)29)19-20(30)31-9-32-35(18)19)1-11(3-13)21(36)33-17-8-34(7-16(17)26)22(37)12-4-14(25)5-12/h1-3,6,9,12,14,16-17H,4-5,7-8H2,(H,33,36)(H2,30,31,32)/t12?,14?,16-,17+/m0/s1. The summed E-state index contributed by atoms with van der Waals surface area (Å²) in [6, 6.07) is 2.53.